The Labute approximate surface area is 237 Å². The SMILES string of the molecule is CCOC(=O)c1ccc(N2C(=O)C3C[C@@H](C)N(C(=O)c4ccc(Cl)c(Cl)c4)CC3N=C2NC23CC(C2)C3)cc1. The van der Waals surface area contributed by atoms with Crippen molar-refractivity contribution in [1.82, 2.24) is 10.2 Å². The first kappa shape index (κ1) is 26.1. The van der Waals surface area contributed by atoms with E-state index in [-0.39, 0.29) is 35.4 Å². The molecule has 1 N–H and O–H groups in total. The van der Waals surface area contributed by atoms with Crippen molar-refractivity contribution in [3.63, 3.8) is 0 Å². The van der Waals surface area contributed by atoms with Gasteiger partial charge in [-0.2, -0.15) is 0 Å². The number of fused-ring (bicyclic) bond motifs is 1. The van der Waals surface area contributed by atoms with Crippen molar-refractivity contribution in [2.75, 3.05) is 18.1 Å². The second-order valence-electron chi connectivity index (χ2n) is 11.1. The minimum absolute atomic E-state index is 0.0166. The van der Waals surface area contributed by atoms with E-state index < -0.39 is 5.97 Å². The summed E-state index contributed by atoms with van der Waals surface area (Å²) in [6.07, 6.45) is 3.70. The number of halogens is 2. The molecule has 5 aliphatic rings. The largest absolute Gasteiger partial charge is 0.462 e. The summed E-state index contributed by atoms with van der Waals surface area (Å²) in [4.78, 5) is 48.2. The van der Waals surface area contributed by atoms with Gasteiger partial charge in [-0.15, -0.1) is 0 Å². The fourth-order valence-electron chi connectivity index (χ4n) is 6.29. The lowest BCUT2D eigenvalue weighted by Crippen LogP contribution is -2.72. The van der Waals surface area contributed by atoms with Crippen LogP contribution in [0.15, 0.2) is 47.5 Å². The van der Waals surface area contributed by atoms with Gasteiger partial charge in [0, 0.05) is 23.7 Å². The Hall–Kier alpha value is -3.10. The number of amides is 2. The van der Waals surface area contributed by atoms with Gasteiger partial charge in [0.1, 0.15) is 0 Å². The molecule has 2 unspecified atom stereocenters. The van der Waals surface area contributed by atoms with Crippen LogP contribution in [0.5, 0.6) is 0 Å². The molecular weight excluding hydrogens is 539 g/mol. The van der Waals surface area contributed by atoms with Crippen LogP contribution in [0.1, 0.15) is 60.2 Å². The molecule has 2 amide bonds. The molecule has 0 spiro atoms. The standard InChI is InChI=1S/C29H30Cl2N4O4/c1-3-39-27(38)18-4-7-20(8-5-18)35-26(37)21-10-16(2)34(25(36)19-6-9-22(30)23(31)11-19)15-24(21)32-28(35)33-29-12-17(13-29)14-29/h4-9,11,16-17,21,24H,3,10,12-15H2,1-2H3,(H,32,33)/t16-,17?,21?,24?,29?/m1/s1. The van der Waals surface area contributed by atoms with Gasteiger partial charge >= 0.3 is 5.97 Å². The Morgan fingerprint density at radius 1 is 1.08 bits per heavy atom. The van der Waals surface area contributed by atoms with E-state index in [1.54, 1.807) is 59.2 Å². The molecule has 2 bridgehead atoms. The first-order valence-electron chi connectivity index (χ1n) is 13.4. The summed E-state index contributed by atoms with van der Waals surface area (Å²) in [5, 5.41) is 4.31. The minimum atomic E-state index is -0.400. The number of likely N-dealkylation sites (tertiary alicyclic amines) is 1. The van der Waals surface area contributed by atoms with E-state index in [4.69, 9.17) is 32.9 Å². The summed E-state index contributed by atoms with van der Waals surface area (Å²) in [6.45, 7) is 4.34. The molecule has 39 heavy (non-hydrogen) atoms. The minimum Gasteiger partial charge on any atom is -0.462 e. The van der Waals surface area contributed by atoms with Crippen LogP contribution in [-0.2, 0) is 9.53 Å². The van der Waals surface area contributed by atoms with Crippen molar-refractivity contribution >= 4 is 52.6 Å². The molecule has 2 heterocycles. The number of hydrogen-bond donors (Lipinski definition) is 1. The van der Waals surface area contributed by atoms with Gasteiger partial charge in [-0.1, -0.05) is 23.2 Å². The lowest BCUT2D eigenvalue weighted by molar-refractivity contribution is -0.124. The van der Waals surface area contributed by atoms with Crippen LogP contribution in [0.4, 0.5) is 5.69 Å². The van der Waals surface area contributed by atoms with Crippen LogP contribution in [0, 0.1) is 11.8 Å². The number of guanidine groups is 1. The van der Waals surface area contributed by atoms with Gasteiger partial charge in [0.2, 0.25) is 11.9 Å². The van der Waals surface area contributed by atoms with Crippen molar-refractivity contribution < 1.29 is 19.1 Å². The Kier molecular flexibility index (Phi) is 6.58. The molecule has 10 heteroatoms. The number of piperidine rings is 1. The maximum Gasteiger partial charge on any atom is 0.338 e. The van der Waals surface area contributed by atoms with Crippen LogP contribution < -0.4 is 10.2 Å². The number of carbonyl (C=O) groups excluding carboxylic acids is 3. The van der Waals surface area contributed by atoms with Crippen molar-refractivity contribution in [1.29, 1.82) is 0 Å². The number of carbonyl (C=O) groups is 3. The molecule has 3 aliphatic carbocycles. The highest BCUT2D eigenvalue weighted by Crippen LogP contribution is 2.57. The Balaban J connectivity index is 1.30. The number of nitrogens with one attached hydrogen (secondary N) is 1. The molecular formula is C29H30Cl2N4O4. The maximum atomic E-state index is 14.0. The third-order valence-electron chi connectivity index (χ3n) is 8.49. The van der Waals surface area contributed by atoms with Gasteiger partial charge in [0.15, 0.2) is 0 Å². The van der Waals surface area contributed by atoms with E-state index in [0.29, 0.717) is 52.4 Å². The fraction of sp³-hybridized carbons (Fsp3) is 0.448. The number of anilines is 1. The predicted molar refractivity (Wildman–Crippen MR) is 149 cm³/mol. The van der Waals surface area contributed by atoms with Gasteiger partial charge in [-0.3, -0.25) is 14.5 Å². The molecule has 7 rings (SSSR count). The quantitative estimate of drug-likeness (QED) is 0.516. The van der Waals surface area contributed by atoms with E-state index in [1.165, 1.54) is 0 Å². The Morgan fingerprint density at radius 2 is 1.77 bits per heavy atom. The predicted octanol–water partition coefficient (Wildman–Crippen LogP) is 4.93. The summed E-state index contributed by atoms with van der Waals surface area (Å²) in [6, 6.07) is 11.2. The summed E-state index contributed by atoms with van der Waals surface area (Å²) >= 11 is 12.2. The zero-order valence-electron chi connectivity index (χ0n) is 21.8. The van der Waals surface area contributed by atoms with Crippen molar-refractivity contribution in [3.8, 4) is 0 Å². The maximum absolute atomic E-state index is 14.0. The Morgan fingerprint density at radius 3 is 2.38 bits per heavy atom. The molecule has 8 nitrogen and oxygen atoms in total. The highest BCUT2D eigenvalue weighted by atomic mass is 35.5. The molecule has 4 fully saturated rings. The van der Waals surface area contributed by atoms with Gasteiger partial charge in [-0.05, 0) is 87.9 Å². The summed E-state index contributed by atoms with van der Waals surface area (Å²) in [5.41, 5.74) is 1.51. The number of nitrogens with zero attached hydrogens (tertiary/aromatic N) is 3. The van der Waals surface area contributed by atoms with E-state index in [1.807, 2.05) is 6.92 Å². The topological polar surface area (TPSA) is 91.3 Å². The van der Waals surface area contributed by atoms with Crippen LogP contribution in [0.25, 0.3) is 0 Å². The van der Waals surface area contributed by atoms with Crippen molar-refractivity contribution in [2.45, 2.75) is 57.2 Å². The molecule has 3 saturated carbocycles. The molecule has 2 aliphatic heterocycles. The number of aliphatic imine (C=N–C) groups is 1. The number of hydrogen-bond acceptors (Lipinski definition) is 6. The highest BCUT2D eigenvalue weighted by molar-refractivity contribution is 6.42. The summed E-state index contributed by atoms with van der Waals surface area (Å²) in [5.74, 6) is 0.274. The van der Waals surface area contributed by atoms with Gasteiger partial charge in [0.05, 0.1) is 39.9 Å². The zero-order valence-corrected chi connectivity index (χ0v) is 23.3. The third kappa shape index (κ3) is 4.57. The summed E-state index contributed by atoms with van der Waals surface area (Å²) in [7, 11) is 0. The average Bonchev–Trinajstić information content (AvgIpc) is 2.87. The number of esters is 1. The molecule has 1 saturated heterocycles. The molecule has 3 atom stereocenters. The zero-order chi connectivity index (χ0) is 27.5. The number of rotatable bonds is 5. The van der Waals surface area contributed by atoms with E-state index in [2.05, 4.69) is 5.32 Å². The van der Waals surface area contributed by atoms with Crippen molar-refractivity contribution in [3.05, 3.63) is 63.6 Å². The van der Waals surface area contributed by atoms with Crippen LogP contribution >= 0.6 is 23.2 Å². The smallest absolute Gasteiger partial charge is 0.338 e. The molecule has 0 aromatic heterocycles. The highest BCUT2D eigenvalue weighted by Gasteiger charge is 2.58. The lowest BCUT2D eigenvalue weighted by atomic mass is 9.50. The van der Waals surface area contributed by atoms with E-state index in [9.17, 15) is 14.4 Å². The van der Waals surface area contributed by atoms with Gasteiger partial charge < -0.3 is 15.0 Å². The monoisotopic (exact) mass is 568 g/mol. The second-order valence-corrected chi connectivity index (χ2v) is 11.9. The second kappa shape index (κ2) is 9.82. The van der Waals surface area contributed by atoms with Gasteiger partial charge in [0.25, 0.3) is 5.91 Å². The van der Waals surface area contributed by atoms with E-state index in [0.717, 1.165) is 25.2 Å². The van der Waals surface area contributed by atoms with Crippen LogP contribution in [0.2, 0.25) is 10.0 Å². The molecule has 2 aromatic carbocycles. The lowest BCUT2D eigenvalue weighted by Gasteiger charge is -2.62. The molecule has 2 aromatic rings. The van der Waals surface area contributed by atoms with Gasteiger partial charge in [-0.25, -0.2) is 9.79 Å². The first-order chi connectivity index (χ1) is 18.7. The fourth-order valence-corrected chi connectivity index (χ4v) is 6.59. The molecule has 0 radical (unpaired) electrons. The third-order valence-corrected chi connectivity index (χ3v) is 9.23. The van der Waals surface area contributed by atoms with Crippen LogP contribution in [-0.4, -0.2) is 59.4 Å². The van der Waals surface area contributed by atoms with E-state index >= 15 is 0 Å². The first-order valence-corrected chi connectivity index (χ1v) is 14.2. The normalized spacial score (nSPS) is 29.0. The molecule has 204 valence electrons. The number of benzene rings is 2. The summed E-state index contributed by atoms with van der Waals surface area (Å²) < 4.78 is 5.10. The Bertz CT molecular complexity index is 1360. The average molecular weight is 569 g/mol. The van der Waals surface area contributed by atoms with Crippen molar-refractivity contribution in [2.24, 2.45) is 16.8 Å². The number of ether oxygens (including phenoxy) is 1. The van der Waals surface area contributed by atoms with Crippen LogP contribution in [0.3, 0.4) is 0 Å².